The van der Waals surface area contributed by atoms with Crippen molar-refractivity contribution in [3.8, 4) is 0 Å². The Labute approximate surface area is 162 Å². The number of nitrogens with one attached hydrogen (secondary N) is 1. The molecule has 6 nitrogen and oxygen atoms in total. The number of halogens is 3. The molecular formula is C20H15F3N4O2. The van der Waals surface area contributed by atoms with Gasteiger partial charge in [-0.2, -0.15) is 5.10 Å². The quantitative estimate of drug-likeness (QED) is 0.571. The molecule has 2 aromatic heterocycles. The molecular weight excluding hydrogens is 385 g/mol. The second kappa shape index (κ2) is 7.08. The van der Waals surface area contributed by atoms with E-state index >= 15 is 0 Å². The summed E-state index contributed by atoms with van der Waals surface area (Å²) in [5, 5.41) is 6.84. The Morgan fingerprint density at radius 1 is 1.14 bits per heavy atom. The van der Waals surface area contributed by atoms with E-state index in [0.29, 0.717) is 17.1 Å². The molecule has 9 heteroatoms. The van der Waals surface area contributed by atoms with Gasteiger partial charge in [0.25, 0.3) is 5.56 Å². The van der Waals surface area contributed by atoms with Crippen LogP contribution in [0, 0.1) is 17.5 Å². The summed E-state index contributed by atoms with van der Waals surface area (Å²) >= 11 is 0. The van der Waals surface area contributed by atoms with Crippen molar-refractivity contribution in [2.45, 2.75) is 13.0 Å². The second-order valence-electron chi connectivity index (χ2n) is 6.54. The van der Waals surface area contributed by atoms with E-state index in [2.05, 4.69) is 10.4 Å². The first-order valence-electron chi connectivity index (χ1n) is 8.74. The van der Waals surface area contributed by atoms with Crippen LogP contribution >= 0.6 is 0 Å². The molecule has 1 N–H and O–H groups in total. The van der Waals surface area contributed by atoms with Crippen molar-refractivity contribution in [3.05, 3.63) is 70.4 Å². The van der Waals surface area contributed by atoms with Crippen molar-refractivity contribution in [1.29, 1.82) is 0 Å². The van der Waals surface area contributed by atoms with E-state index in [1.54, 1.807) is 13.1 Å². The zero-order chi connectivity index (χ0) is 20.7. The van der Waals surface area contributed by atoms with Crippen molar-refractivity contribution >= 4 is 33.4 Å². The van der Waals surface area contributed by atoms with Crippen molar-refractivity contribution in [2.24, 2.45) is 7.05 Å². The Morgan fingerprint density at radius 3 is 2.69 bits per heavy atom. The number of carbonyl (C=O) groups excluding carboxylic acids is 1. The third-order valence-corrected chi connectivity index (χ3v) is 4.70. The van der Waals surface area contributed by atoms with Crippen LogP contribution in [0.4, 0.5) is 18.9 Å². The molecule has 148 valence electrons. The number of nitrogens with zero attached hydrogens (tertiary/aromatic N) is 3. The first-order valence-corrected chi connectivity index (χ1v) is 8.74. The molecule has 0 aliphatic rings. The Bertz CT molecular complexity index is 1330. The minimum atomic E-state index is -0.903. The summed E-state index contributed by atoms with van der Waals surface area (Å²) in [6.45, 7) is -0.0573. The molecule has 0 fully saturated rings. The fourth-order valence-electron chi connectivity index (χ4n) is 3.36. The van der Waals surface area contributed by atoms with E-state index in [4.69, 9.17) is 0 Å². The highest BCUT2D eigenvalue weighted by atomic mass is 19.1. The van der Waals surface area contributed by atoms with Gasteiger partial charge in [0.2, 0.25) is 5.91 Å². The standard InChI is InChI=1S/C20H15F3N4O2/c1-26-19-12(10-24-26)20(29)27(16-4-2-3-13(22)18(16)19)8-7-17(28)25-15-6-5-11(21)9-14(15)23/h2-6,9-10H,7-8H2,1H3,(H,25,28). The SMILES string of the molecule is Cn1ncc2c(=O)n(CCC(=O)Nc3ccc(F)cc3F)c3cccc(F)c3c21. The minimum absolute atomic E-state index is 0.0573. The molecule has 2 heterocycles. The van der Waals surface area contributed by atoms with Crippen molar-refractivity contribution in [2.75, 3.05) is 5.32 Å². The number of benzene rings is 2. The smallest absolute Gasteiger partial charge is 0.262 e. The van der Waals surface area contributed by atoms with Crippen LogP contribution < -0.4 is 10.9 Å². The molecule has 0 saturated heterocycles. The minimum Gasteiger partial charge on any atom is -0.324 e. The summed E-state index contributed by atoms with van der Waals surface area (Å²) < 4.78 is 44.0. The lowest BCUT2D eigenvalue weighted by Crippen LogP contribution is -2.24. The van der Waals surface area contributed by atoms with Crippen molar-refractivity contribution in [1.82, 2.24) is 14.3 Å². The summed E-state index contributed by atoms with van der Waals surface area (Å²) in [6, 6.07) is 7.14. The Balaban J connectivity index is 1.69. The lowest BCUT2D eigenvalue weighted by atomic mass is 10.1. The van der Waals surface area contributed by atoms with Gasteiger partial charge in [-0.15, -0.1) is 0 Å². The predicted octanol–water partition coefficient (Wildman–Crippen LogP) is 3.33. The van der Waals surface area contributed by atoms with Gasteiger partial charge >= 0.3 is 0 Å². The molecule has 2 aromatic carbocycles. The van der Waals surface area contributed by atoms with Crippen LogP contribution in [0.15, 0.2) is 47.4 Å². The highest BCUT2D eigenvalue weighted by molar-refractivity contribution is 6.03. The predicted molar refractivity (Wildman–Crippen MR) is 102 cm³/mol. The molecule has 0 spiro atoms. The summed E-state index contributed by atoms with van der Waals surface area (Å²) in [7, 11) is 1.61. The summed E-state index contributed by atoms with van der Waals surface area (Å²) in [6.07, 6.45) is 1.18. The van der Waals surface area contributed by atoms with Crippen LogP contribution in [0.2, 0.25) is 0 Å². The maximum Gasteiger partial charge on any atom is 0.262 e. The number of hydrogen-bond donors (Lipinski definition) is 1. The topological polar surface area (TPSA) is 68.9 Å². The monoisotopic (exact) mass is 400 g/mol. The summed E-state index contributed by atoms with van der Waals surface area (Å²) in [4.78, 5) is 25.1. The highest BCUT2D eigenvalue weighted by Gasteiger charge is 2.18. The maximum atomic E-state index is 14.5. The largest absolute Gasteiger partial charge is 0.324 e. The van der Waals surface area contributed by atoms with Crippen LogP contribution in [-0.4, -0.2) is 20.3 Å². The molecule has 29 heavy (non-hydrogen) atoms. The number of fused-ring (bicyclic) bond motifs is 3. The van der Waals surface area contributed by atoms with Gasteiger partial charge in [-0.1, -0.05) is 6.07 Å². The number of anilines is 1. The van der Waals surface area contributed by atoms with Crippen molar-refractivity contribution < 1.29 is 18.0 Å². The number of rotatable bonds is 4. The third-order valence-electron chi connectivity index (χ3n) is 4.70. The Hall–Kier alpha value is -3.62. The first kappa shape index (κ1) is 18.7. The average molecular weight is 400 g/mol. The molecule has 0 unspecified atom stereocenters. The van der Waals surface area contributed by atoms with Gasteiger partial charge in [0, 0.05) is 26.1 Å². The Kier molecular flexibility index (Phi) is 4.57. The zero-order valence-corrected chi connectivity index (χ0v) is 15.2. The average Bonchev–Trinajstić information content (AvgIpc) is 3.06. The van der Waals surface area contributed by atoms with E-state index in [1.165, 1.54) is 27.6 Å². The number of aryl methyl sites for hydroxylation is 2. The van der Waals surface area contributed by atoms with E-state index in [0.717, 1.165) is 12.1 Å². The van der Waals surface area contributed by atoms with Crippen LogP contribution in [0.25, 0.3) is 21.8 Å². The van der Waals surface area contributed by atoms with Crippen LogP contribution in [-0.2, 0) is 18.4 Å². The summed E-state index contributed by atoms with van der Waals surface area (Å²) in [5.41, 5.74) is 0.123. The van der Waals surface area contributed by atoms with E-state index < -0.39 is 28.9 Å². The van der Waals surface area contributed by atoms with Gasteiger partial charge in [0.15, 0.2) is 0 Å². The molecule has 4 rings (SSSR count). The lowest BCUT2D eigenvalue weighted by Gasteiger charge is -2.13. The van der Waals surface area contributed by atoms with E-state index in [1.807, 2.05) is 0 Å². The molecule has 4 aromatic rings. The second-order valence-corrected chi connectivity index (χ2v) is 6.54. The zero-order valence-electron chi connectivity index (χ0n) is 15.2. The van der Waals surface area contributed by atoms with Gasteiger partial charge < -0.3 is 9.88 Å². The normalized spacial score (nSPS) is 11.3. The number of hydrogen-bond acceptors (Lipinski definition) is 3. The number of carbonyl (C=O) groups is 1. The number of aromatic nitrogens is 3. The fourth-order valence-corrected chi connectivity index (χ4v) is 3.36. The fraction of sp³-hybridized carbons (Fsp3) is 0.150. The van der Waals surface area contributed by atoms with Gasteiger partial charge in [-0.05, 0) is 24.3 Å². The van der Waals surface area contributed by atoms with E-state index in [9.17, 15) is 22.8 Å². The summed E-state index contributed by atoms with van der Waals surface area (Å²) in [5.74, 6) is -2.74. The number of amides is 1. The van der Waals surface area contributed by atoms with Crippen LogP contribution in [0.1, 0.15) is 6.42 Å². The van der Waals surface area contributed by atoms with Gasteiger partial charge in [-0.3, -0.25) is 14.3 Å². The van der Waals surface area contributed by atoms with Gasteiger partial charge in [0.05, 0.1) is 33.7 Å². The van der Waals surface area contributed by atoms with Crippen LogP contribution in [0.3, 0.4) is 0 Å². The molecule has 0 radical (unpaired) electrons. The molecule has 1 amide bonds. The van der Waals surface area contributed by atoms with Crippen LogP contribution in [0.5, 0.6) is 0 Å². The lowest BCUT2D eigenvalue weighted by molar-refractivity contribution is -0.116. The molecule has 0 aliphatic carbocycles. The number of pyridine rings is 1. The van der Waals surface area contributed by atoms with Gasteiger partial charge in [0.1, 0.15) is 17.5 Å². The maximum absolute atomic E-state index is 14.5. The van der Waals surface area contributed by atoms with Gasteiger partial charge in [-0.25, -0.2) is 13.2 Å². The van der Waals surface area contributed by atoms with E-state index in [-0.39, 0.29) is 29.4 Å². The van der Waals surface area contributed by atoms with Crippen molar-refractivity contribution in [3.63, 3.8) is 0 Å². The molecule has 0 atom stereocenters. The molecule has 0 saturated carbocycles. The first-order chi connectivity index (χ1) is 13.9. The Morgan fingerprint density at radius 2 is 1.93 bits per heavy atom. The molecule has 0 aliphatic heterocycles. The molecule has 0 bridgehead atoms. The highest BCUT2D eigenvalue weighted by Crippen LogP contribution is 2.25. The third kappa shape index (κ3) is 3.24.